The Hall–Kier alpha value is -3.12. The lowest BCUT2D eigenvalue weighted by atomic mass is 10.1. The van der Waals surface area contributed by atoms with Crippen molar-refractivity contribution in [1.82, 2.24) is 4.57 Å². The monoisotopic (exact) mass is 485 g/mol. The van der Waals surface area contributed by atoms with E-state index < -0.39 is 21.4 Å². The fraction of sp³-hybridized carbons (Fsp3) is 0.400. The minimum atomic E-state index is -3.48. The number of benzene rings is 2. The van der Waals surface area contributed by atoms with Gasteiger partial charge < -0.3 is 9.30 Å². The largest absolute Gasteiger partial charge is 0.435 e. The van der Waals surface area contributed by atoms with Gasteiger partial charge in [-0.3, -0.25) is 4.72 Å². The molecule has 0 bridgehead atoms. The Kier molecular flexibility index (Phi) is 5.52. The van der Waals surface area contributed by atoms with E-state index in [1.165, 1.54) is 6.07 Å². The van der Waals surface area contributed by atoms with Crippen molar-refractivity contribution >= 4 is 26.6 Å². The zero-order chi connectivity index (χ0) is 24.1. The molecule has 3 aromatic rings. The summed E-state index contributed by atoms with van der Waals surface area (Å²) in [7, 11) is -3.48. The van der Waals surface area contributed by atoms with Crippen molar-refractivity contribution in [1.29, 1.82) is 5.26 Å². The smallest absolute Gasteiger partial charge is 0.387 e. The lowest BCUT2D eigenvalue weighted by Gasteiger charge is -2.16. The molecule has 0 amide bonds. The average Bonchev–Trinajstić information content (AvgIpc) is 3.72. The highest BCUT2D eigenvalue weighted by molar-refractivity contribution is 7.94. The van der Waals surface area contributed by atoms with E-state index in [1.54, 1.807) is 36.4 Å². The summed E-state index contributed by atoms with van der Waals surface area (Å²) in [5.74, 6) is 0.512. The highest BCUT2D eigenvalue weighted by Gasteiger charge is 2.53. The summed E-state index contributed by atoms with van der Waals surface area (Å²) in [6, 6.07) is 13.9. The molecule has 0 unspecified atom stereocenters. The van der Waals surface area contributed by atoms with Gasteiger partial charge in [-0.15, -0.1) is 0 Å². The van der Waals surface area contributed by atoms with Crippen LogP contribution in [0.25, 0.3) is 22.2 Å². The number of hydrogen-bond donors (Lipinski definition) is 1. The Morgan fingerprint density at radius 1 is 1.21 bits per heavy atom. The number of sulfonamides is 1. The molecule has 0 spiro atoms. The van der Waals surface area contributed by atoms with Gasteiger partial charge in [0.2, 0.25) is 10.0 Å². The molecule has 2 aliphatic rings. The molecule has 0 aliphatic heterocycles. The van der Waals surface area contributed by atoms with Crippen molar-refractivity contribution < 1.29 is 21.9 Å². The minimum Gasteiger partial charge on any atom is -0.435 e. The molecular formula is C25H25F2N3O3S. The first-order chi connectivity index (χ1) is 16.3. The Balaban J connectivity index is 1.55. The second-order valence-electron chi connectivity index (χ2n) is 9.17. The zero-order valence-electron chi connectivity index (χ0n) is 18.7. The van der Waals surface area contributed by atoms with Gasteiger partial charge in [0.15, 0.2) is 0 Å². The number of nitrogens with one attached hydrogen (secondary N) is 1. The molecule has 6 nitrogen and oxygen atoms in total. The van der Waals surface area contributed by atoms with E-state index in [0.717, 1.165) is 18.4 Å². The summed E-state index contributed by atoms with van der Waals surface area (Å²) in [4.78, 5) is 0. The van der Waals surface area contributed by atoms with Crippen molar-refractivity contribution in [3.05, 3.63) is 48.0 Å². The van der Waals surface area contributed by atoms with Crippen molar-refractivity contribution in [2.45, 2.75) is 56.9 Å². The summed E-state index contributed by atoms with van der Waals surface area (Å²) in [5.41, 5.74) is 3.04. The first-order valence-electron chi connectivity index (χ1n) is 11.4. The number of alkyl halides is 2. The van der Waals surface area contributed by atoms with Crippen LogP contribution in [-0.2, 0) is 16.6 Å². The van der Waals surface area contributed by atoms with Gasteiger partial charge in [0.05, 0.1) is 21.5 Å². The second kappa shape index (κ2) is 8.27. The van der Waals surface area contributed by atoms with E-state index in [0.29, 0.717) is 59.6 Å². The predicted molar refractivity (Wildman–Crippen MR) is 126 cm³/mol. The number of hydrogen-bond acceptors (Lipinski definition) is 4. The predicted octanol–water partition coefficient (Wildman–Crippen LogP) is 5.88. The maximum absolute atomic E-state index is 12.8. The number of halogens is 2. The van der Waals surface area contributed by atoms with Crippen molar-refractivity contribution in [2.75, 3.05) is 4.72 Å². The third-order valence-electron chi connectivity index (χ3n) is 6.94. The van der Waals surface area contributed by atoms with Gasteiger partial charge in [-0.05, 0) is 67.9 Å². The standard InChI is InChI=1S/C25H25F2N3O3S/c1-2-25(11-12-25)34(31,32)29-18-7-5-17(6-8-18)23-21(14-28)20-10-9-19(33-24(26)27)13-22(20)30(23)15-16-3-4-16/h5-10,13,16,24,29H,2-4,11-12,15H2,1H3. The first kappa shape index (κ1) is 22.7. The van der Waals surface area contributed by atoms with Crippen LogP contribution >= 0.6 is 0 Å². The minimum absolute atomic E-state index is 0.0442. The summed E-state index contributed by atoms with van der Waals surface area (Å²) in [6.07, 6.45) is 4.06. The molecule has 1 N–H and O–H groups in total. The van der Waals surface area contributed by atoms with Gasteiger partial charge in [0, 0.05) is 23.7 Å². The summed E-state index contributed by atoms with van der Waals surface area (Å²) in [6.45, 7) is -0.383. The molecule has 178 valence electrons. The molecular weight excluding hydrogens is 460 g/mol. The van der Waals surface area contributed by atoms with Crippen LogP contribution in [0, 0.1) is 17.2 Å². The van der Waals surface area contributed by atoms with Crippen LogP contribution in [0.1, 0.15) is 44.6 Å². The SMILES string of the molecule is CCC1(S(=O)(=O)Nc2ccc(-c3c(C#N)c4ccc(OC(F)F)cc4n3CC3CC3)cc2)CC1. The van der Waals surface area contributed by atoms with Crippen molar-refractivity contribution in [3.8, 4) is 23.1 Å². The van der Waals surface area contributed by atoms with Crippen molar-refractivity contribution in [3.63, 3.8) is 0 Å². The molecule has 34 heavy (non-hydrogen) atoms. The Morgan fingerprint density at radius 2 is 1.91 bits per heavy atom. The van der Waals surface area contributed by atoms with Gasteiger partial charge in [-0.25, -0.2) is 8.42 Å². The van der Waals surface area contributed by atoms with Crippen LogP contribution in [0.4, 0.5) is 14.5 Å². The number of aromatic nitrogens is 1. The maximum Gasteiger partial charge on any atom is 0.387 e. The Labute approximate surface area is 197 Å². The third kappa shape index (κ3) is 4.00. The Bertz CT molecular complexity index is 1380. The number of fused-ring (bicyclic) bond motifs is 1. The molecule has 1 aromatic heterocycles. The molecule has 2 aromatic carbocycles. The molecule has 5 rings (SSSR count). The number of ether oxygens (including phenoxy) is 1. The molecule has 0 atom stereocenters. The summed E-state index contributed by atoms with van der Waals surface area (Å²) < 4.78 is 59.7. The fourth-order valence-corrected chi connectivity index (χ4v) is 6.26. The average molecular weight is 486 g/mol. The quantitative estimate of drug-likeness (QED) is 0.410. The van der Waals surface area contributed by atoms with E-state index >= 15 is 0 Å². The van der Waals surface area contributed by atoms with Crippen LogP contribution in [0.3, 0.4) is 0 Å². The number of rotatable bonds is 9. The summed E-state index contributed by atoms with van der Waals surface area (Å²) in [5, 5.41) is 10.6. The van der Waals surface area contributed by atoms with Gasteiger partial charge in [0.25, 0.3) is 0 Å². The molecule has 0 saturated heterocycles. The molecule has 1 heterocycles. The van der Waals surface area contributed by atoms with Gasteiger partial charge in [0.1, 0.15) is 11.8 Å². The first-order valence-corrected chi connectivity index (χ1v) is 12.9. The van der Waals surface area contributed by atoms with Gasteiger partial charge >= 0.3 is 6.61 Å². The van der Waals surface area contributed by atoms with Crippen LogP contribution in [0.2, 0.25) is 0 Å². The van der Waals surface area contributed by atoms with Crippen LogP contribution in [0.5, 0.6) is 5.75 Å². The normalized spacial score (nSPS) is 17.0. The van der Waals surface area contributed by atoms with Crippen LogP contribution in [-0.4, -0.2) is 24.3 Å². The fourth-order valence-electron chi connectivity index (χ4n) is 4.58. The Morgan fingerprint density at radius 3 is 2.47 bits per heavy atom. The van der Waals surface area contributed by atoms with E-state index in [4.69, 9.17) is 0 Å². The lowest BCUT2D eigenvalue weighted by molar-refractivity contribution is -0.0497. The third-order valence-corrected chi connectivity index (χ3v) is 9.28. The molecule has 2 fully saturated rings. The molecule has 9 heteroatoms. The number of anilines is 1. The molecule has 2 saturated carbocycles. The lowest BCUT2D eigenvalue weighted by Crippen LogP contribution is -2.28. The molecule has 2 aliphatic carbocycles. The highest BCUT2D eigenvalue weighted by Crippen LogP contribution is 2.47. The number of nitriles is 1. The van der Waals surface area contributed by atoms with Crippen molar-refractivity contribution in [2.24, 2.45) is 5.92 Å². The van der Waals surface area contributed by atoms with Gasteiger partial charge in [-0.2, -0.15) is 14.0 Å². The maximum atomic E-state index is 12.8. The topological polar surface area (TPSA) is 84.1 Å². The van der Waals surface area contributed by atoms with E-state index in [-0.39, 0.29) is 5.75 Å². The van der Waals surface area contributed by atoms with Gasteiger partial charge in [-0.1, -0.05) is 19.1 Å². The molecule has 0 radical (unpaired) electrons. The van der Waals surface area contributed by atoms with Crippen LogP contribution < -0.4 is 9.46 Å². The highest BCUT2D eigenvalue weighted by atomic mass is 32.2. The van der Waals surface area contributed by atoms with E-state index in [2.05, 4.69) is 15.5 Å². The zero-order valence-corrected chi connectivity index (χ0v) is 19.5. The second-order valence-corrected chi connectivity index (χ2v) is 11.2. The van der Waals surface area contributed by atoms with Crippen LogP contribution in [0.15, 0.2) is 42.5 Å². The number of nitrogens with zero attached hydrogens (tertiary/aromatic N) is 2. The van der Waals surface area contributed by atoms with E-state index in [9.17, 15) is 22.5 Å². The summed E-state index contributed by atoms with van der Waals surface area (Å²) >= 11 is 0. The van der Waals surface area contributed by atoms with E-state index in [1.807, 2.05) is 11.5 Å².